The highest BCUT2D eigenvalue weighted by Gasteiger charge is 2.31. The largest absolute Gasteiger partial charge is 0.377 e. The number of fused-ring (bicyclic) bond motifs is 1. The number of sulfonamides is 1. The van der Waals surface area contributed by atoms with Crippen LogP contribution in [0.2, 0.25) is 0 Å². The van der Waals surface area contributed by atoms with Gasteiger partial charge in [-0.05, 0) is 31.1 Å². The molecule has 33 heavy (non-hydrogen) atoms. The summed E-state index contributed by atoms with van der Waals surface area (Å²) in [6.45, 7) is 5.19. The predicted octanol–water partition coefficient (Wildman–Crippen LogP) is 2.21. The minimum absolute atomic E-state index is 0.0166. The van der Waals surface area contributed by atoms with Gasteiger partial charge in [0, 0.05) is 69.7 Å². The average molecular weight is 473 g/mol. The molecule has 1 aliphatic heterocycles. The smallest absolute Gasteiger partial charge is 0.243 e. The molecule has 1 fully saturated rings. The number of hydrogen-bond acceptors (Lipinski definition) is 5. The fourth-order valence-corrected chi connectivity index (χ4v) is 5.67. The van der Waals surface area contributed by atoms with Crippen molar-refractivity contribution >= 4 is 38.3 Å². The number of carbonyl (C=O) groups excluding carboxylic acids is 2. The molecule has 178 valence electrons. The highest BCUT2D eigenvalue weighted by Crippen LogP contribution is 2.32. The van der Waals surface area contributed by atoms with Gasteiger partial charge in [0.2, 0.25) is 21.8 Å². The lowest BCUT2D eigenvalue weighted by Crippen LogP contribution is -2.50. The van der Waals surface area contributed by atoms with Crippen molar-refractivity contribution in [2.24, 2.45) is 0 Å². The van der Waals surface area contributed by atoms with Crippen LogP contribution < -0.4 is 10.2 Å². The van der Waals surface area contributed by atoms with Crippen LogP contribution in [0, 0.1) is 0 Å². The highest BCUT2D eigenvalue weighted by molar-refractivity contribution is 7.89. The zero-order chi connectivity index (χ0) is 24.0. The summed E-state index contributed by atoms with van der Waals surface area (Å²) in [5.74, 6) is -0.203. The van der Waals surface area contributed by atoms with Crippen molar-refractivity contribution in [2.45, 2.75) is 24.2 Å². The van der Waals surface area contributed by atoms with Crippen molar-refractivity contribution < 1.29 is 18.0 Å². The normalized spacial score (nSPS) is 14.8. The molecule has 2 aromatic rings. The molecule has 9 heteroatoms. The molecule has 8 nitrogen and oxygen atoms in total. The quantitative estimate of drug-likeness (QED) is 0.446. The summed E-state index contributed by atoms with van der Waals surface area (Å²) >= 11 is 0. The Bertz CT molecular complexity index is 1120. The molecule has 0 bridgehead atoms. The molecule has 0 aliphatic carbocycles. The van der Waals surface area contributed by atoms with Crippen LogP contribution in [0.15, 0.2) is 53.9 Å². The van der Waals surface area contributed by atoms with Gasteiger partial charge in [0.1, 0.15) is 0 Å². The highest BCUT2D eigenvalue weighted by atomic mass is 32.2. The number of unbranched alkanes of at least 4 members (excludes halogenated alkanes) is 1. The molecule has 0 aromatic heterocycles. The zero-order valence-corrected chi connectivity index (χ0v) is 20.1. The van der Waals surface area contributed by atoms with Crippen LogP contribution in [0.5, 0.6) is 0 Å². The second kappa shape index (κ2) is 10.8. The van der Waals surface area contributed by atoms with Gasteiger partial charge in [-0.25, -0.2) is 8.42 Å². The van der Waals surface area contributed by atoms with Crippen molar-refractivity contribution in [1.82, 2.24) is 14.5 Å². The molecule has 3 rings (SSSR count). The summed E-state index contributed by atoms with van der Waals surface area (Å²) in [5.41, 5.74) is 0.962. The topological polar surface area (TPSA) is 90.0 Å². The number of benzene rings is 2. The number of nitrogens with one attached hydrogen (secondary N) is 1. The van der Waals surface area contributed by atoms with Crippen molar-refractivity contribution in [3.63, 3.8) is 0 Å². The van der Waals surface area contributed by atoms with Crippen LogP contribution in [-0.2, 0) is 19.6 Å². The third-order valence-electron chi connectivity index (χ3n) is 5.85. The first-order valence-electron chi connectivity index (χ1n) is 11.1. The van der Waals surface area contributed by atoms with Gasteiger partial charge in [-0.3, -0.25) is 9.59 Å². The number of piperazine rings is 1. The minimum atomic E-state index is -3.69. The Morgan fingerprint density at radius 1 is 1.03 bits per heavy atom. The lowest BCUT2D eigenvalue weighted by Gasteiger charge is -2.34. The summed E-state index contributed by atoms with van der Waals surface area (Å²) in [6, 6.07) is 11.0. The number of anilines is 1. The molecule has 1 heterocycles. The first-order valence-corrected chi connectivity index (χ1v) is 12.6. The van der Waals surface area contributed by atoms with Gasteiger partial charge in [0.05, 0.1) is 4.90 Å². The first-order chi connectivity index (χ1) is 15.8. The Hall–Kier alpha value is -2.91. The molecular weight excluding hydrogens is 440 g/mol. The second-order valence-corrected chi connectivity index (χ2v) is 10.2. The van der Waals surface area contributed by atoms with E-state index in [0.29, 0.717) is 49.2 Å². The zero-order valence-electron chi connectivity index (χ0n) is 19.3. The lowest BCUT2D eigenvalue weighted by molar-refractivity contribution is -0.132. The van der Waals surface area contributed by atoms with E-state index in [0.717, 1.165) is 11.1 Å². The fraction of sp³-hybridized carbons (Fsp3) is 0.417. The van der Waals surface area contributed by atoms with E-state index < -0.39 is 10.0 Å². The number of amides is 2. The molecule has 1 aliphatic rings. The monoisotopic (exact) mass is 472 g/mol. The van der Waals surface area contributed by atoms with Gasteiger partial charge in [0.15, 0.2) is 0 Å². The van der Waals surface area contributed by atoms with Crippen molar-refractivity contribution in [3.8, 4) is 0 Å². The van der Waals surface area contributed by atoms with Gasteiger partial charge < -0.3 is 15.1 Å². The van der Waals surface area contributed by atoms with Crippen molar-refractivity contribution in [2.75, 3.05) is 51.7 Å². The molecule has 0 radical (unpaired) electrons. The van der Waals surface area contributed by atoms with E-state index in [1.165, 1.54) is 10.4 Å². The maximum Gasteiger partial charge on any atom is 0.243 e. The number of carbonyl (C=O) groups is 2. The van der Waals surface area contributed by atoms with E-state index in [4.69, 9.17) is 0 Å². The Labute approximate surface area is 195 Å². The minimum Gasteiger partial charge on any atom is -0.377 e. The summed E-state index contributed by atoms with van der Waals surface area (Å²) in [6.07, 6.45) is 2.97. The van der Waals surface area contributed by atoms with Gasteiger partial charge in [-0.2, -0.15) is 4.31 Å². The van der Waals surface area contributed by atoms with Gasteiger partial charge in [-0.15, -0.1) is 0 Å². The first kappa shape index (κ1) is 24.7. The third-order valence-corrected chi connectivity index (χ3v) is 7.81. The van der Waals surface area contributed by atoms with Crippen LogP contribution in [0.4, 0.5) is 5.69 Å². The summed E-state index contributed by atoms with van der Waals surface area (Å²) in [7, 11) is 0.181. The van der Waals surface area contributed by atoms with E-state index in [1.54, 1.807) is 17.0 Å². The Kier molecular flexibility index (Phi) is 8.10. The summed E-state index contributed by atoms with van der Waals surface area (Å²) in [5, 5.41) is 4.28. The van der Waals surface area contributed by atoms with E-state index in [9.17, 15) is 18.0 Å². The predicted molar refractivity (Wildman–Crippen MR) is 131 cm³/mol. The molecule has 0 atom stereocenters. The Morgan fingerprint density at radius 3 is 2.36 bits per heavy atom. The average Bonchev–Trinajstić information content (AvgIpc) is 2.82. The maximum absolute atomic E-state index is 13.5. The molecule has 1 saturated heterocycles. The summed E-state index contributed by atoms with van der Waals surface area (Å²) < 4.78 is 28.4. The molecule has 0 saturated carbocycles. The molecule has 0 spiro atoms. The third kappa shape index (κ3) is 5.72. The standard InChI is InChI=1S/C24H32N4O4S/c1-4-23(29)25-14-6-5-13-24(30)27-15-17-28(18-16-27)33(31,32)22-12-8-9-19-20(22)10-7-11-21(19)26(2)3/h4,7-12H,1,5-6,13-18H2,2-3H3,(H,25,29). The Balaban J connectivity index is 1.61. The summed E-state index contributed by atoms with van der Waals surface area (Å²) in [4.78, 5) is 27.6. The second-order valence-electron chi connectivity index (χ2n) is 8.26. The van der Waals surface area contributed by atoms with Crippen LogP contribution >= 0.6 is 0 Å². The molecule has 2 amide bonds. The van der Waals surface area contributed by atoms with Crippen molar-refractivity contribution in [3.05, 3.63) is 49.1 Å². The van der Waals surface area contributed by atoms with Crippen LogP contribution in [0.25, 0.3) is 10.8 Å². The van der Waals surface area contributed by atoms with E-state index in [1.807, 2.05) is 43.3 Å². The van der Waals surface area contributed by atoms with Crippen molar-refractivity contribution in [1.29, 1.82) is 0 Å². The molecular formula is C24H32N4O4S. The Morgan fingerprint density at radius 2 is 1.70 bits per heavy atom. The number of hydrogen-bond donors (Lipinski definition) is 1. The van der Waals surface area contributed by atoms with Gasteiger partial charge in [0.25, 0.3) is 0 Å². The van der Waals surface area contributed by atoms with E-state index >= 15 is 0 Å². The number of nitrogens with zero attached hydrogens (tertiary/aromatic N) is 3. The lowest BCUT2D eigenvalue weighted by atomic mass is 10.1. The van der Waals surface area contributed by atoms with E-state index in [-0.39, 0.29) is 24.9 Å². The van der Waals surface area contributed by atoms with E-state index in [2.05, 4.69) is 11.9 Å². The molecule has 0 unspecified atom stereocenters. The van der Waals surface area contributed by atoms with Gasteiger partial charge >= 0.3 is 0 Å². The van der Waals surface area contributed by atoms with Crippen LogP contribution in [0.3, 0.4) is 0 Å². The maximum atomic E-state index is 13.5. The van der Waals surface area contributed by atoms with Crippen LogP contribution in [-0.4, -0.2) is 76.3 Å². The SMILES string of the molecule is C=CC(=O)NCCCCC(=O)N1CCN(S(=O)(=O)c2cccc3c(N(C)C)cccc23)CC1. The van der Waals surface area contributed by atoms with Gasteiger partial charge in [-0.1, -0.05) is 30.8 Å². The van der Waals surface area contributed by atoms with Crippen LogP contribution in [0.1, 0.15) is 19.3 Å². The number of rotatable bonds is 9. The molecule has 2 aromatic carbocycles. The molecule has 1 N–H and O–H groups in total. The fourth-order valence-electron chi connectivity index (χ4n) is 4.04.